The Kier molecular flexibility index (Phi) is 8.87. The van der Waals surface area contributed by atoms with Gasteiger partial charge in [0.05, 0.1) is 19.1 Å². The molecule has 1 aliphatic heterocycles. The zero-order valence-electron chi connectivity index (χ0n) is 17.7. The molecule has 0 bridgehead atoms. The van der Waals surface area contributed by atoms with E-state index in [0.717, 1.165) is 0 Å². The average Bonchev–Trinajstić information content (AvgIpc) is 2.71. The zero-order valence-corrected chi connectivity index (χ0v) is 17.7. The molecule has 0 aliphatic carbocycles. The molecule has 0 radical (unpaired) electrons. The topological polar surface area (TPSA) is 135 Å². The van der Waals surface area contributed by atoms with Gasteiger partial charge in [-0.1, -0.05) is 27.7 Å². The first kappa shape index (κ1) is 24.4. The Morgan fingerprint density at radius 2 is 1.80 bits per heavy atom. The van der Waals surface area contributed by atoms with Crippen LogP contribution in [0.25, 0.3) is 0 Å². The predicted molar refractivity (Wildman–Crippen MR) is 106 cm³/mol. The number of rotatable bonds is 9. The number of aliphatic hydroxyl groups is 4. The van der Waals surface area contributed by atoms with Crippen molar-refractivity contribution in [2.45, 2.75) is 65.0 Å². The summed E-state index contributed by atoms with van der Waals surface area (Å²) >= 11 is 0. The first-order valence-electron chi connectivity index (χ1n) is 10.0. The fraction of sp³-hybridized carbons (Fsp3) is 0.667. The second-order valence-corrected chi connectivity index (χ2v) is 8.05. The van der Waals surface area contributed by atoms with Crippen molar-refractivity contribution in [3.63, 3.8) is 0 Å². The van der Waals surface area contributed by atoms with Crippen molar-refractivity contribution in [3.8, 4) is 11.5 Å². The summed E-state index contributed by atoms with van der Waals surface area (Å²) in [6.45, 7) is 7.39. The van der Waals surface area contributed by atoms with Crippen LogP contribution in [0, 0.1) is 11.8 Å². The van der Waals surface area contributed by atoms with Crippen molar-refractivity contribution in [1.29, 1.82) is 0 Å². The van der Waals surface area contributed by atoms with Crippen LogP contribution in [0.1, 0.15) is 33.3 Å². The van der Waals surface area contributed by atoms with E-state index in [2.05, 4.69) is 0 Å². The quantitative estimate of drug-likeness (QED) is 0.417. The lowest BCUT2D eigenvalue weighted by Crippen LogP contribution is -2.60. The van der Waals surface area contributed by atoms with Gasteiger partial charge in [-0.2, -0.15) is 0 Å². The lowest BCUT2D eigenvalue weighted by Gasteiger charge is -2.39. The maximum Gasteiger partial charge on any atom is 0.308 e. The second kappa shape index (κ2) is 10.9. The first-order valence-corrected chi connectivity index (χ1v) is 10.0. The molecule has 0 saturated carbocycles. The van der Waals surface area contributed by atoms with E-state index >= 15 is 0 Å². The van der Waals surface area contributed by atoms with E-state index in [1.807, 2.05) is 13.8 Å². The van der Waals surface area contributed by atoms with E-state index in [4.69, 9.17) is 18.9 Å². The van der Waals surface area contributed by atoms with Crippen molar-refractivity contribution in [3.05, 3.63) is 23.8 Å². The summed E-state index contributed by atoms with van der Waals surface area (Å²) in [5.41, 5.74) is 0.644. The average molecular weight is 428 g/mol. The molecule has 0 aromatic heterocycles. The number of hydrogen-bond donors (Lipinski definition) is 4. The van der Waals surface area contributed by atoms with Crippen molar-refractivity contribution in [1.82, 2.24) is 0 Å². The Morgan fingerprint density at radius 3 is 2.40 bits per heavy atom. The lowest BCUT2D eigenvalue weighted by molar-refractivity contribution is -0.277. The predicted octanol–water partition coefficient (Wildman–Crippen LogP) is 0.599. The Hall–Kier alpha value is -1.91. The van der Waals surface area contributed by atoms with Crippen LogP contribution in [-0.4, -0.2) is 70.3 Å². The number of esters is 1. The summed E-state index contributed by atoms with van der Waals surface area (Å²) in [6, 6.07) is 4.83. The minimum atomic E-state index is -1.53. The molecule has 1 saturated heterocycles. The Balaban J connectivity index is 2.17. The molecule has 9 heteroatoms. The van der Waals surface area contributed by atoms with E-state index in [1.165, 1.54) is 0 Å². The van der Waals surface area contributed by atoms with Crippen molar-refractivity contribution in [2.75, 3.05) is 13.2 Å². The lowest BCUT2D eigenvalue weighted by atomic mass is 9.99. The van der Waals surface area contributed by atoms with Crippen LogP contribution in [0.4, 0.5) is 0 Å². The highest BCUT2D eigenvalue weighted by Gasteiger charge is 2.44. The molecule has 0 amide bonds. The third-order valence-electron chi connectivity index (χ3n) is 4.55. The summed E-state index contributed by atoms with van der Waals surface area (Å²) in [7, 11) is 0. The molecule has 4 N–H and O–H groups in total. The number of benzene rings is 1. The third kappa shape index (κ3) is 6.29. The van der Waals surface area contributed by atoms with Crippen molar-refractivity contribution >= 4 is 5.97 Å². The van der Waals surface area contributed by atoms with Gasteiger partial charge >= 0.3 is 5.97 Å². The monoisotopic (exact) mass is 428 g/mol. The Bertz CT molecular complexity index is 689. The Morgan fingerprint density at radius 1 is 1.10 bits per heavy atom. The largest absolute Gasteiger partial charge is 0.493 e. The third-order valence-corrected chi connectivity index (χ3v) is 4.55. The maximum atomic E-state index is 11.8. The van der Waals surface area contributed by atoms with Gasteiger partial charge in [0.2, 0.25) is 6.29 Å². The molecular formula is C21H32O9. The molecule has 1 fully saturated rings. The van der Waals surface area contributed by atoms with E-state index in [9.17, 15) is 25.2 Å². The summed E-state index contributed by atoms with van der Waals surface area (Å²) in [5.74, 6) is 0.399. The number of carbonyl (C=O) groups is 1. The standard InChI is InChI=1S/C21H32O9/c1-11(2)9-27-15-7-14(6-5-13(15)10-28-20(26)12(3)4)29-21-19(25)18(24)17(23)16(8-22)30-21/h5-7,11-12,16-19,21-25H,8-10H2,1-4H3/t16-,17-,18+,19-,21-/m1/s1. The van der Waals surface area contributed by atoms with Crippen molar-refractivity contribution in [2.24, 2.45) is 11.8 Å². The van der Waals surface area contributed by atoms with Crippen molar-refractivity contribution < 1.29 is 44.2 Å². The number of aliphatic hydroxyl groups excluding tert-OH is 4. The van der Waals surface area contributed by atoms with Crippen LogP contribution in [0.2, 0.25) is 0 Å². The minimum Gasteiger partial charge on any atom is -0.493 e. The SMILES string of the molecule is CC(C)COc1cc(O[C@@H]2O[C@H](CO)[C@@H](O)[C@H](O)[C@H]2O)ccc1COC(=O)C(C)C. The summed E-state index contributed by atoms with van der Waals surface area (Å²) in [4.78, 5) is 11.8. The molecule has 9 nitrogen and oxygen atoms in total. The highest BCUT2D eigenvalue weighted by atomic mass is 16.7. The smallest absolute Gasteiger partial charge is 0.308 e. The van der Waals surface area contributed by atoms with Gasteiger partial charge in [-0.25, -0.2) is 0 Å². The minimum absolute atomic E-state index is 0.0325. The van der Waals surface area contributed by atoms with E-state index in [0.29, 0.717) is 17.9 Å². The first-order chi connectivity index (χ1) is 14.1. The highest BCUT2D eigenvalue weighted by Crippen LogP contribution is 2.30. The fourth-order valence-electron chi connectivity index (χ4n) is 2.73. The maximum absolute atomic E-state index is 11.8. The molecule has 0 spiro atoms. The van der Waals surface area contributed by atoms with Crippen LogP contribution < -0.4 is 9.47 Å². The van der Waals surface area contributed by atoms with E-state index in [1.54, 1.807) is 32.0 Å². The Labute approximate surface area is 176 Å². The van der Waals surface area contributed by atoms with Gasteiger partial charge in [0.15, 0.2) is 0 Å². The van der Waals surface area contributed by atoms with Gasteiger partial charge < -0.3 is 39.4 Å². The van der Waals surface area contributed by atoms with Crippen LogP contribution >= 0.6 is 0 Å². The van der Waals surface area contributed by atoms with Crippen LogP contribution in [0.15, 0.2) is 18.2 Å². The normalized spacial score (nSPS) is 26.7. The van der Waals surface area contributed by atoms with Gasteiger partial charge in [0.25, 0.3) is 0 Å². The second-order valence-electron chi connectivity index (χ2n) is 8.05. The summed E-state index contributed by atoms with van der Waals surface area (Å²) < 4.78 is 22.1. The summed E-state index contributed by atoms with van der Waals surface area (Å²) in [6.07, 6.45) is -6.89. The molecule has 5 atom stereocenters. The van der Waals surface area contributed by atoms with Gasteiger partial charge in [-0.15, -0.1) is 0 Å². The molecule has 170 valence electrons. The molecule has 0 unspecified atom stereocenters. The molecular weight excluding hydrogens is 396 g/mol. The van der Waals surface area contributed by atoms with Gasteiger partial charge in [0.1, 0.15) is 42.5 Å². The highest BCUT2D eigenvalue weighted by molar-refractivity contribution is 5.71. The molecule has 1 aliphatic rings. The van der Waals surface area contributed by atoms with Gasteiger partial charge in [0, 0.05) is 11.6 Å². The number of ether oxygens (including phenoxy) is 4. The van der Waals surface area contributed by atoms with Crippen LogP contribution in [0.3, 0.4) is 0 Å². The van der Waals surface area contributed by atoms with Gasteiger partial charge in [-0.3, -0.25) is 4.79 Å². The molecule has 1 aromatic carbocycles. The van der Waals surface area contributed by atoms with E-state index < -0.39 is 37.3 Å². The fourth-order valence-corrected chi connectivity index (χ4v) is 2.73. The molecule has 2 rings (SSSR count). The molecule has 1 heterocycles. The zero-order chi connectivity index (χ0) is 22.4. The van der Waals surface area contributed by atoms with E-state index in [-0.39, 0.29) is 30.2 Å². The number of carbonyl (C=O) groups excluding carboxylic acids is 1. The van der Waals surface area contributed by atoms with Crippen LogP contribution in [0.5, 0.6) is 11.5 Å². The number of hydrogen-bond acceptors (Lipinski definition) is 9. The van der Waals surface area contributed by atoms with Gasteiger partial charge in [-0.05, 0) is 18.1 Å². The molecule has 1 aromatic rings. The molecule has 30 heavy (non-hydrogen) atoms. The van der Waals surface area contributed by atoms with Crippen LogP contribution in [-0.2, 0) is 20.9 Å². The summed E-state index contributed by atoms with van der Waals surface area (Å²) in [5, 5.41) is 39.2.